The number of aromatic nitrogens is 2. The molecule has 1 saturated heterocycles. The Labute approximate surface area is 115 Å². The van der Waals surface area contributed by atoms with Crippen LogP contribution in [-0.4, -0.2) is 34.1 Å². The van der Waals surface area contributed by atoms with E-state index in [-0.39, 0.29) is 19.0 Å². The molecule has 3 nitrogen and oxygen atoms in total. The zero-order valence-corrected chi connectivity index (χ0v) is 11.4. The number of rotatable bonds is 3. The molecule has 0 radical (unpaired) electrons. The molecule has 0 saturated carbocycles. The van der Waals surface area contributed by atoms with Crippen molar-refractivity contribution in [3.05, 3.63) is 23.3 Å². The van der Waals surface area contributed by atoms with Crippen molar-refractivity contribution in [2.45, 2.75) is 45.1 Å². The molecule has 2 rings (SSSR count). The summed E-state index contributed by atoms with van der Waals surface area (Å²) in [7, 11) is 0. The average Bonchev–Trinajstić information content (AvgIpc) is 2.73. The second-order valence-corrected chi connectivity index (χ2v) is 5.38. The standard InChI is InChI=1S/C13H17F4N3/c1-8(2)11-5-10(7-20-4-3-9(14)6-20)18-12(19-11)13(15,16)17/h5,8-9H,3-4,6-7H2,1-2H3. The Morgan fingerprint density at radius 1 is 1.35 bits per heavy atom. The highest BCUT2D eigenvalue weighted by Gasteiger charge is 2.35. The van der Waals surface area contributed by atoms with Crippen LogP contribution in [0.4, 0.5) is 17.6 Å². The van der Waals surface area contributed by atoms with Gasteiger partial charge in [0.2, 0.25) is 5.82 Å². The lowest BCUT2D eigenvalue weighted by Crippen LogP contribution is -2.23. The summed E-state index contributed by atoms with van der Waals surface area (Å²) in [6.45, 7) is 4.58. The van der Waals surface area contributed by atoms with Gasteiger partial charge in [0, 0.05) is 25.3 Å². The van der Waals surface area contributed by atoms with Gasteiger partial charge >= 0.3 is 6.18 Å². The normalized spacial score (nSPS) is 20.9. The second-order valence-electron chi connectivity index (χ2n) is 5.38. The van der Waals surface area contributed by atoms with E-state index in [2.05, 4.69) is 9.97 Å². The van der Waals surface area contributed by atoms with Crippen molar-refractivity contribution < 1.29 is 17.6 Å². The quantitative estimate of drug-likeness (QED) is 0.801. The predicted octanol–water partition coefficient (Wildman–Crippen LogP) is 3.16. The number of nitrogens with zero attached hydrogens (tertiary/aromatic N) is 3. The van der Waals surface area contributed by atoms with E-state index in [0.717, 1.165) is 0 Å². The molecule has 7 heteroatoms. The van der Waals surface area contributed by atoms with E-state index in [9.17, 15) is 17.6 Å². The van der Waals surface area contributed by atoms with E-state index in [4.69, 9.17) is 0 Å². The van der Waals surface area contributed by atoms with Crippen LogP contribution < -0.4 is 0 Å². The molecule has 1 aromatic rings. The second kappa shape index (κ2) is 5.63. The van der Waals surface area contributed by atoms with E-state index >= 15 is 0 Å². The van der Waals surface area contributed by atoms with Crippen LogP contribution in [0.25, 0.3) is 0 Å². The summed E-state index contributed by atoms with van der Waals surface area (Å²) in [5, 5.41) is 0. The van der Waals surface area contributed by atoms with Crippen LogP contribution >= 0.6 is 0 Å². The first-order chi connectivity index (χ1) is 9.25. The summed E-state index contributed by atoms with van der Waals surface area (Å²) in [6.07, 6.45) is -5.04. The topological polar surface area (TPSA) is 29.0 Å². The first kappa shape index (κ1) is 15.2. The first-order valence-electron chi connectivity index (χ1n) is 6.57. The van der Waals surface area contributed by atoms with Gasteiger partial charge in [0.05, 0.1) is 5.69 Å². The van der Waals surface area contributed by atoms with Gasteiger partial charge in [-0.1, -0.05) is 13.8 Å². The summed E-state index contributed by atoms with van der Waals surface area (Å²) in [6, 6.07) is 1.57. The first-order valence-corrected chi connectivity index (χ1v) is 6.57. The Kier molecular flexibility index (Phi) is 4.27. The molecule has 1 unspecified atom stereocenters. The number of hydrogen-bond acceptors (Lipinski definition) is 3. The summed E-state index contributed by atoms with van der Waals surface area (Å²) < 4.78 is 51.5. The van der Waals surface area contributed by atoms with Crippen LogP contribution in [0.5, 0.6) is 0 Å². The van der Waals surface area contributed by atoms with Crippen LogP contribution in [-0.2, 0) is 12.7 Å². The molecule has 0 aliphatic carbocycles. The fourth-order valence-electron chi connectivity index (χ4n) is 2.18. The third-order valence-corrected chi connectivity index (χ3v) is 3.24. The Morgan fingerprint density at radius 3 is 2.55 bits per heavy atom. The number of halogens is 4. The monoisotopic (exact) mass is 291 g/mol. The van der Waals surface area contributed by atoms with Crippen LogP contribution in [0.1, 0.15) is 43.4 Å². The van der Waals surface area contributed by atoms with Gasteiger partial charge in [0.25, 0.3) is 0 Å². The lowest BCUT2D eigenvalue weighted by molar-refractivity contribution is -0.145. The van der Waals surface area contributed by atoms with Gasteiger partial charge in [-0.15, -0.1) is 0 Å². The Bertz CT molecular complexity index is 473. The zero-order chi connectivity index (χ0) is 14.9. The number of alkyl halides is 4. The Hall–Kier alpha value is -1.24. The van der Waals surface area contributed by atoms with E-state index in [0.29, 0.717) is 24.4 Å². The highest BCUT2D eigenvalue weighted by atomic mass is 19.4. The molecule has 0 N–H and O–H groups in total. The third kappa shape index (κ3) is 3.65. The minimum Gasteiger partial charge on any atom is -0.295 e. The largest absolute Gasteiger partial charge is 0.451 e. The SMILES string of the molecule is CC(C)c1cc(CN2CCC(F)C2)nc(C(F)(F)F)n1. The molecule has 0 amide bonds. The van der Waals surface area contributed by atoms with Crippen LogP contribution in [0.2, 0.25) is 0 Å². The van der Waals surface area contributed by atoms with Gasteiger partial charge in [0.15, 0.2) is 0 Å². The Balaban J connectivity index is 2.25. The summed E-state index contributed by atoms with van der Waals surface area (Å²) >= 11 is 0. The van der Waals surface area contributed by atoms with Crippen molar-refractivity contribution in [1.82, 2.24) is 14.9 Å². The van der Waals surface area contributed by atoms with Crippen molar-refractivity contribution in [2.75, 3.05) is 13.1 Å². The highest BCUT2D eigenvalue weighted by molar-refractivity contribution is 5.15. The van der Waals surface area contributed by atoms with Gasteiger partial charge in [-0.25, -0.2) is 14.4 Å². The highest BCUT2D eigenvalue weighted by Crippen LogP contribution is 2.28. The van der Waals surface area contributed by atoms with Crippen molar-refractivity contribution >= 4 is 0 Å². The van der Waals surface area contributed by atoms with E-state index in [1.807, 2.05) is 0 Å². The maximum atomic E-state index is 13.1. The van der Waals surface area contributed by atoms with Crippen molar-refractivity contribution in [2.24, 2.45) is 0 Å². The maximum Gasteiger partial charge on any atom is 0.451 e. The Morgan fingerprint density at radius 2 is 2.05 bits per heavy atom. The zero-order valence-electron chi connectivity index (χ0n) is 11.4. The van der Waals surface area contributed by atoms with E-state index in [1.165, 1.54) is 0 Å². The summed E-state index contributed by atoms with van der Waals surface area (Å²) in [5.74, 6) is -1.24. The van der Waals surface area contributed by atoms with E-state index < -0.39 is 18.2 Å². The molecule has 112 valence electrons. The van der Waals surface area contributed by atoms with Gasteiger partial charge in [0.1, 0.15) is 6.17 Å². The van der Waals surface area contributed by atoms with Gasteiger partial charge in [-0.3, -0.25) is 4.90 Å². The van der Waals surface area contributed by atoms with Crippen molar-refractivity contribution in [1.29, 1.82) is 0 Å². The fraction of sp³-hybridized carbons (Fsp3) is 0.692. The lowest BCUT2D eigenvalue weighted by Gasteiger charge is -2.16. The van der Waals surface area contributed by atoms with E-state index in [1.54, 1.807) is 24.8 Å². The number of likely N-dealkylation sites (tertiary alicyclic amines) is 1. The molecule has 1 aliphatic heterocycles. The maximum absolute atomic E-state index is 13.1. The summed E-state index contributed by atoms with van der Waals surface area (Å²) in [4.78, 5) is 8.92. The predicted molar refractivity (Wildman–Crippen MR) is 65.9 cm³/mol. The number of hydrogen-bond donors (Lipinski definition) is 0. The van der Waals surface area contributed by atoms with Gasteiger partial charge < -0.3 is 0 Å². The minimum absolute atomic E-state index is 0.120. The minimum atomic E-state index is -4.56. The molecule has 2 heterocycles. The van der Waals surface area contributed by atoms with Crippen molar-refractivity contribution in [3.8, 4) is 0 Å². The molecule has 0 bridgehead atoms. The summed E-state index contributed by atoms with van der Waals surface area (Å²) in [5.41, 5.74) is 0.656. The van der Waals surface area contributed by atoms with Crippen LogP contribution in [0.15, 0.2) is 6.07 Å². The molecule has 20 heavy (non-hydrogen) atoms. The lowest BCUT2D eigenvalue weighted by atomic mass is 10.1. The molecular weight excluding hydrogens is 274 g/mol. The molecule has 0 spiro atoms. The van der Waals surface area contributed by atoms with Crippen LogP contribution in [0, 0.1) is 0 Å². The molecular formula is C13H17F4N3. The van der Waals surface area contributed by atoms with Gasteiger partial charge in [-0.05, 0) is 18.4 Å². The molecule has 1 aromatic heterocycles. The smallest absolute Gasteiger partial charge is 0.295 e. The molecule has 1 atom stereocenters. The molecule has 1 fully saturated rings. The van der Waals surface area contributed by atoms with Crippen LogP contribution in [0.3, 0.4) is 0 Å². The average molecular weight is 291 g/mol. The molecule has 1 aliphatic rings. The molecule has 0 aromatic carbocycles. The fourth-order valence-corrected chi connectivity index (χ4v) is 2.18. The van der Waals surface area contributed by atoms with Gasteiger partial charge in [-0.2, -0.15) is 13.2 Å². The van der Waals surface area contributed by atoms with Crippen molar-refractivity contribution in [3.63, 3.8) is 0 Å². The third-order valence-electron chi connectivity index (χ3n) is 3.24.